The highest BCUT2D eigenvalue weighted by atomic mass is 32.2. The minimum absolute atomic E-state index is 0.0765. The molecule has 0 amide bonds. The summed E-state index contributed by atoms with van der Waals surface area (Å²) < 4.78 is 17.0. The maximum atomic E-state index is 5.62. The largest absolute Gasteiger partial charge is 0.493 e. The van der Waals surface area contributed by atoms with Gasteiger partial charge in [-0.3, -0.25) is 0 Å². The van der Waals surface area contributed by atoms with Gasteiger partial charge in [0.25, 0.3) is 0 Å². The van der Waals surface area contributed by atoms with E-state index in [0.717, 1.165) is 5.56 Å². The summed E-state index contributed by atoms with van der Waals surface area (Å²) in [5, 5.41) is 0. The van der Waals surface area contributed by atoms with Crippen molar-refractivity contribution in [3.05, 3.63) is 71.8 Å². The molecule has 0 aromatic heterocycles. The Labute approximate surface area is 230 Å². The van der Waals surface area contributed by atoms with E-state index in [1.807, 2.05) is 23.5 Å². The summed E-state index contributed by atoms with van der Waals surface area (Å²) in [6.45, 7) is 13.5. The van der Waals surface area contributed by atoms with E-state index in [2.05, 4.69) is 102 Å². The third-order valence-corrected chi connectivity index (χ3v) is 9.26. The number of benzene rings is 3. The predicted octanol–water partition coefficient (Wildman–Crippen LogP) is 9.48. The van der Waals surface area contributed by atoms with Gasteiger partial charge in [0.1, 0.15) is 0 Å². The van der Waals surface area contributed by atoms with Gasteiger partial charge in [0.2, 0.25) is 5.75 Å². The van der Waals surface area contributed by atoms with Crippen molar-refractivity contribution in [3.63, 3.8) is 0 Å². The predicted molar refractivity (Wildman–Crippen MR) is 158 cm³/mol. The van der Waals surface area contributed by atoms with Crippen LogP contribution in [0.5, 0.6) is 17.2 Å². The SMILES string of the molecule is COc1cc(C(Sc2ccc(Sc3ccc(C(C)(C)C)cc3)cc2)SC(C)(C)C)cc(OC)c1OC. The lowest BCUT2D eigenvalue weighted by molar-refractivity contribution is 0.324. The van der Waals surface area contributed by atoms with Crippen LogP contribution in [0.1, 0.15) is 57.3 Å². The fraction of sp³-hybridized carbons (Fsp3) is 0.400. The molecule has 0 aliphatic heterocycles. The Kier molecular flexibility index (Phi) is 9.64. The molecule has 0 fully saturated rings. The Morgan fingerprint density at radius 3 is 1.53 bits per heavy atom. The average Bonchev–Trinajstić information content (AvgIpc) is 2.82. The summed E-state index contributed by atoms with van der Waals surface area (Å²) in [6, 6.07) is 21.9. The van der Waals surface area contributed by atoms with E-state index in [9.17, 15) is 0 Å². The first-order chi connectivity index (χ1) is 16.9. The van der Waals surface area contributed by atoms with Crippen molar-refractivity contribution in [2.45, 2.75) is 71.0 Å². The molecule has 0 bridgehead atoms. The van der Waals surface area contributed by atoms with E-state index in [-0.39, 0.29) is 14.7 Å². The van der Waals surface area contributed by atoms with Gasteiger partial charge in [0.15, 0.2) is 11.5 Å². The van der Waals surface area contributed by atoms with E-state index >= 15 is 0 Å². The number of ether oxygens (including phenoxy) is 3. The van der Waals surface area contributed by atoms with E-state index < -0.39 is 0 Å². The molecule has 1 atom stereocenters. The first-order valence-electron chi connectivity index (χ1n) is 12.0. The highest BCUT2D eigenvalue weighted by Gasteiger charge is 2.25. The summed E-state index contributed by atoms with van der Waals surface area (Å²) in [6.07, 6.45) is 0. The molecule has 6 heteroatoms. The lowest BCUT2D eigenvalue weighted by Crippen LogP contribution is -2.10. The first-order valence-corrected chi connectivity index (χ1v) is 14.5. The van der Waals surface area contributed by atoms with E-state index in [0.29, 0.717) is 17.2 Å². The normalized spacial score (nSPS) is 12.8. The Morgan fingerprint density at radius 1 is 0.639 bits per heavy atom. The molecular formula is C30H38O3S3. The minimum atomic E-state index is 0.0765. The van der Waals surface area contributed by atoms with Crippen LogP contribution in [-0.2, 0) is 5.41 Å². The van der Waals surface area contributed by atoms with Gasteiger partial charge in [-0.15, -0.1) is 23.5 Å². The van der Waals surface area contributed by atoms with Crippen molar-refractivity contribution < 1.29 is 14.2 Å². The molecule has 3 aromatic carbocycles. The Balaban J connectivity index is 1.82. The van der Waals surface area contributed by atoms with Gasteiger partial charge in [-0.2, -0.15) is 0 Å². The quantitative estimate of drug-likeness (QED) is 0.197. The van der Waals surface area contributed by atoms with E-state index in [4.69, 9.17) is 14.2 Å². The molecule has 0 radical (unpaired) electrons. The number of hydrogen-bond donors (Lipinski definition) is 0. The van der Waals surface area contributed by atoms with Crippen LogP contribution < -0.4 is 14.2 Å². The number of rotatable bonds is 9. The molecule has 0 saturated carbocycles. The first kappa shape index (κ1) is 28.7. The second-order valence-electron chi connectivity index (χ2n) is 10.5. The zero-order valence-corrected chi connectivity index (χ0v) is 25.2. The van der Waals surface area contributed by atoms with Crippen molar-refractivity contribution in [1.29, 1.82) is 0 Å². The van der Waals surface area contributed by atoms with Gasteiger partial charge < -0.3 is 14.2 Å². The molecule has 0 saturated heterocycles. The smallest absolute Gasteiger partial charge is 0.203 e. The fourth-order valence-corrected chi connectivity index (χ4v) is 7.52. The summed E-state index contributed by atoms with van der Waals surface area (Å²) in [7, 11) is 4.95. The fourth-order valence-electron chi connectivity index (χ4n) is 3.59. The van der Waals surface area contributed by atoms with Crippen LogP contribution >= 0.6 is 35.3 Å². The van der Waals surface area contributed by atoms with Crippen LogP contribution in [-0.4, -0.2) is 26.1 Å². The number of thioether (sulfide) groups is 2. The van der Waals surface area contributed by atoms with Crippen LogP contribution in [0, 0.1) is 0 Å². The Hall–Kier alpha value is -1.89. The average molecular weight is 543 g/mol. The maximum absolute atomic E-state index is 5.62. The van der Waals surface area contributed by atoms with Crippen molar-refractivity contribution >= 4 is 35.3 Å². The molecule has 0 heterocycles. The van der Waals surface area contributed by atoms with Crippen LogP contribution in [0.25, 0.3) is 0 Å². The third-order valence-electron chi connectivity index (χ3n) is 5.44. The number of hydrogen-bond acceptors (Lipinski definition) is 6. The zero-order chi connectivity index (χ0) is 26.5. The molecule has 3 rings (SSSR count). The second-order valence-corrected chi connectivity index (χ2v) is 15.0. The molecule has 1 unspecified atom stereocenters. The van der Waals surface area contributed by atoms with Crippen molar-refractivity contribution in [1.82, 2.24) is 0 Å². The van der Waals surface area contributed by atoms with Crippen molar-refractivity contribution in [2.75, 3.05) is 21.3 Å². The summed E-state index contributed by atoms with van der Waals surface area (Å²) >= 11 is 5.55. The van der Waals surface area contributed by atoms with Crippen molar-refractivity contribution in [2.24, 2.45) is 0 Å². The minimum Gasteiger partial charge on any atom is -0.493 e. The highest BCUT2D eigenvalue weighted by molar-refractivity contribution is 8.17. The molecule has 3 aromatic rings. The van der Waals surface area contributed by atoms with Crippen molar-refractivity contribution in [3.8, 4) is 17.2 Å². The van der Waals surface area contributed by atoms with Gasteiger partial charge in [-0.1, -0.05) is 65.4 Å². The topological polar surface area (TPSA) is 27.7 Å². The Bertz CT molecular complexity index is 1100. The van der Waals surface area contributed by atoms with Gasteiger partial charge in [-0.05, 0) is 65.1 Å². The van der Waals surface area contributed by atoms with Gasteiger partial charge in [0, 0.05) is 19.4 Å². The lowest BCUT2D eigenvalue weighted by atomic mass is 9.87. The third kappa shape index (κ3) is 7.80. The van der Waals surface area contributed by atoms with Crippen LogP contribution in [0.4, 0.5) is 0 Å². The van der Waals surface area contributed by atoms with Gasteiger partial charge in [0.05, 0.1) is 25.9 Å². The number of methoxy groups -OCH3 is 3. The summed E-state index contributed by atoms with van der Waals surface area (Å²) in [5.41, 5.74) is 2.65. The van der Waals surface area contributed by atoms with E-state index in [1.165, 1.54) is 20.2 Å². The molecular weight excluding hydrogens is 505 g/mol. The molecule has 0 aliphatic carbocycles. The zero-order valence-electron chi connectivity index (χ0n) is 22.8. The highest BCUT2D eigenvalue weighted by Crippen LogP contribution is 2.52. The standard InChI is InChI=1S/C30H38O3S3/c1-29(2,3)21-10-12-22(13-11-21)34-23-14-16-24(17-15-23)35-28(36-30(4,5)6)20-18-25(31-7)27(33-9)26(19-20)32-8/h10-19,28H,1-9H3. The van der Waals surface area contributed by atoms with Crippen LogP contribution in [0.3, 0.4) is 0 Å². The van der Waals surface area contributed by atoms with Crippen LogP contribution in [0.2, 0.25) is 0 Å². The van der Waals surface area contributed by atoms with Gasteiger partial charge >= 0.3 is 0 Å². The van der Waals surface area contributed by atoms with Gasteiger partial charge in [-0.25, -0.2) is 0 Å². The summed E-state index contributed by atoms with van der Waals surface area (Å²) in [5.74, 6) is 1.97. The van der Waals surface area contributed by atoms with Crippen LogP contribution in [0.15, 0.2) is 75.4 Å². The molecule has 36 heavy (non-hydrogen) atoms. The molecule has 3 nitrogen and oxygen atoms in total. The monoisotopic (exact) mass is 542 g/mol. The summed E-state index contributed by atoms with van der Waals surface area (Å²) in [4.78, 5) is 3.70. The van der Waals surface area contributed by atoms with E-state index in [1.54, 1.807) is 33.1 Å². The second kappa shape index (κ2) is 12.1. The maximum Gasteiger partial charge on any atom is 0.203 e. The lowest BCUT2D eigenvalue weighted by Gasteiger charge is -2.27. The Morgan fingerprint density at radius 2 is 1.11 bits per heavy atom. The molecule has 0 N–H and O–H groups in total. The molecule has 194 valence electrons. The molecule has 0 spiro atoms. The molecule has 0 aliphatic rings.